The van der Waals surface area contributed by atoms with Crippen LogP contribution in [-0.4, -0.2) is 31.5 Å². The maximum atomic E-state index is 8.50. The maximum Gasteiger partial charge on any atom is 0.206 e. The standard InChI is InChI=1S/C11H22N4/c1-11(2,3)7-6-8-13-10(14-9-12)15(4)5/h6-8H2,1-5H3,(H,13,14). The monoisotopic (exact) mass is 210 g/mol. The predicted octanol–water partition coefficient (Wildman–Crippen LogP) is 1.80. The Morgan fingerprint density at radius 1 is 1.40 bits per heavy atom. The van der Waals surface area contributed by atoms with Crippen LogP contribution in [0.25, 0.3) is 0 Å². The normalized spacial score (nSPS) is 12.1. The molecule has 0 spiro atoms. The molecule has 15 heavy (non-hydrogen) atoms. The number of nitrogens with zero attached hydrogens (tertiary/aromatic N) is 3. The lowest BCUT2D eigenvalue weighted by Gasteiger charge is -2.17. The molecule has 0 aromatic rings. The largest absolute Gasteiger partial charge is 0.348 e. The number of guanidine groups is 1. The lowest BCUT2D eigenvalue weighted by atomic mass is 9.91. The molecule has 0 saturated heterocycles. The van der Waals surface area contributed by atoms with Gasteiger partial charge in [-0.2, -0.15) is 5.26 Å². The molecule has 0 radical (unpaired) electrons. The van der Waals surface area contributed by atoms with Crippen LogP contribution in [0.3, 0.4) is 0 Å². The van der Waals surface area contributed by atoms with Gasteiger partial charge in [0, 0.05) is 20.6 Å². The Hall–Kier alpha value is -1.24. The lowest BCUT2D eigenvalue weighted by molar-refractivity contribution is 0.368. The van der Waals surface area contributed by atoms with Crippen molar-refractivity contribution < 1.29 is 0 Å². The Bertz CT molecular complexity index is 242. The minimum absolute atomic E-state index is 0.358. The van der Waals surface area contributed by atoms with Crippen LogP contribution in [-0.2, 0) is 0 Å². The third-order valence-corrected chi connectivity index (χ3v) is 1.94. The first-order chi connectivity index (χ1) is 6.87. The van der Waals surface area contributed by atoms with Crippen LogP contribution in [0.2, 0.25) is 0 Å². The Labute approximate surface area is 93.0 Å². The predicted molar refractivity (Wildman–Crippen MR) is 63.4 cm³/mol. The van der Waals surface area contributed by atoms with Gasteiger partial charge in [0.2, 0.25) is 5.96 Å². The average molecular weight is 210 g/mol. The molecule has 0 fully saturated rings. The highest BCUT2D eigenvalue weighted by Crippen LogP contribution is 2.20. The highest BCUT2D eigenvalue weighted by atomic mass is 15.3. The molecule has 0 unspecified atom stereocenters. The van der Waals surface area contributed by atoms with Crippen molar-refractivity contribution in [2.24, 2.45) is 10.4 Å². The van der Waals surface area contributed by atoms with E-state index in [-0.39, 0.29) is 0 Å². The van der Waals surface area contributed by atoms with E-state index in [9.17, 15) is 0 Å². The Morgan fingerprint density at radius 2 is 2.00 bits per heavy atom. The van der Waals surface area contributed by atoms with Crippen molar-refractivity contribution in [3.63, 3.8) is 0 Å². The fourth-order valence-electron chi connectivity index (χ4n) is 1.14. The van der Waals surface area contributed by atoms with Gasteiger partial charge in [-0.05, 0) is 18.3 Å². The molecule has 0 aliphatic rings. The molecular formula is C11H22N4. The molecule has 4 heteroatoms. The Kier molecular flexibility index (Phi) is 5.76. The van der Waals surface area contributed by atoms with Gasteiger partial charge in [-0.15, -0.1) is 0 Å². The van der Waals surface area contributed by atoms with E-state index in [0.717, 1.165) is 19.4 Å². The molecule has 0 aromatic heterocycles. The summed E-state index contributed by atoms with van der Waals surface area (Å²) in [7, 11) is 3.74. The molecule has 0 bridgehead atoms. The summed E-state index contributed by atoms with van der Waals surface area (Å²) in [6, 6.07) is 0. The van der Waals surface area contributed by atoms with Crippen LogP contribution < -0.4 is 5.32 Å². The SMILES string of the molecule is CN(C)C(=NCCCC(C)(C)C)NC#N. The summed E-state index contributed by atoms with van der Waals surface area (Å²) in [4.78, 5) is 6.13. The van der Waals surface area contributed by atoms with E-state index in [1.807, 2.05) is 20.3 Å². The van der Waals surface area contributed by atoms with E-state index >= 15 is 0 Å². The zero-order chi connectivity index (χ0) is 11.9. The molecule has 0 aliphatic carbocycles. The molecule has 0 aromatic carbocycles. The Balaban J connectivity index is 3.97. The van der Waals surface area contributed by atoms with Gasteiger partial charge in [-0.3, -0.25) is 10.3 Å². The number of hydrogen-bond acceptors (Lipinski definition) is 2. The summed E-state index contributed by atoms with van der Waals surface area (Å²) in [5, 5.41) is 11.1. The van der Waals surface area contributed by atoms with Crippen molar-refractivity contribution in [3.8, 4) is 6.19 Å². The summed E-state index contributed by atoms with van der Waals surface area (Å²) in [6.45, 7) is 7.42. The summed E-state index contributed by atoms with van der Waals surface area (Å²) in [5.41, 5.74) is 0.358. The van der Waals surface area contributed by atoms with E-state index in [1.54, 1.807) is 4.90 Å². The minimum Gasteiger partial charge on any atom is -0.348 e. The van der Waals surface area contributed by atoms with Gasteiger partial charge >= 0.3 is 0 Å². The second-order valence-electron chi connectivity index (χ2n) is 5.00. The quantitative estimate of drug-likeness (QED) is 0.254. The lowest BCUT2D eigenvalue weighted by Crippen LogP contribution is -2.33. The summed E-state index contributed by atoms with van der Waals surface area (Å²) in [5.74, 6) is 0.631. The van der Waals surface area contributed by atoms with Crippen molar-refractivity contribution in [2.75, 3.05) is 20.6 Å². The van der Waals surface area contributed by atoms with Gasteiger partial charge in [0.05, 0.1) is 0 Å². The van der Waals surface area contributed by atoms with Crippen molar-refractivity contribution in [1.82, 2.24) is 10.2 Å². The zero-order valence-corrected chi connectivity index (χ0v) is 10.5. The van der Waals surface area contributed by atoms with Crippen molar-refractivity contribution in [1.29, 1.82) is 5.26 Å². The first kappa shape index (κ1) is 13.8. The van der Waals surface area contributed by atoms with Crippen LogP contribution in [0.4, 0.5) is 0 Å². The van der Waals surface area contributed by atoms with E-state index in [0.29, 0.717) is 11.4 Å². The van der Waals surface area contributed by atoms with Crippen LogP contribution in [0, 0.1) is 16.9 Å². The van der Waals surface area contributed by atoms with Gasteiger partial charge in [-0.25, -0.2) is 0 Å². The molecule has 4 nitrogen and oxygen atoms in total. The van der Waals surface area contributed by atoms with Gasteiger partial charge in [0.25, 0.3) is 0 Å². The van der Waals surface area contributed by atoms with E-state index in [1.165, 1.54) is 0 Å². The van der Waals surface area contributed by atoms with E-state index in [2.05, 4.69) is 31.1 Å². The topological polar surface area (TPSA) is 51.4 Å². The molecule has 1 N–H and O–H groups in total. The van der Waals surface area contributed by atoms with E-state index < -0.39 is 0 Å². The molecule has 86 valence electrons. The third kappa shape index (κ3) is 7.80. The number of hydrogen-bond donors (Lipinski definition) is 1. The van der Waals surface area contributed by atoms with Gasteiger partial charge in [0.1, 0.15) is 0 Å². The van der Waals surface area contributed by atoms with Gasteiger partial charge in [0.15, 0.2) is 6.19 Å². The van der Waals surface area contributed by atoms with Crippen LogP contribution in [0.5, 0.6) is 0 Å². The van der Waals surface area contributed by atoms with Gasteiger partial charge in [-0.1, -0.05) is 20.8 Å². The molecule has 0 rings (SSSR count). The molecule has 0 amide bonds. The average Bonchev–Trinajstić information content (AvgIpc) is 2.08. The second-order valence-corrected chi connectivity index (χ2v) is 5.00. The van der Waals surface area contributed by atoms with Crippen LogP contribution >= 0.6 is 0 Å². The zero-order valence-electron chi connectivity index (χ0n) is 10.5. The fraction of sp³-hybridized carbons (Fsp3) is 0.818. The number of nitriles is 1. The van der Waals surface area contributed by atoms with Crippen molar-refractivity contribution in [3.05, 3.63) is 0 Å². The number of aliphatic imine (C=N–C) groups is 1. The van der Waals surface area contributed by atoms with Crippen molar-refractivity contribution >= 4 is 5.96 Å². The fourth-order valence-corrected chi connectivity index (χ4v) is 1.14. The highest BCUT2D eigenvalue weighted by molar-refractivity contribution is 5.80. The minimum atomic E-state index is 0.358. The molecule has 0 saturated carbocycles. The van der Waals surface area contributed by atoms with Crippen molar-refractivity contribution in [2.45, 2.75) is 33.6 Å². The summed E-state index contributed by atoms with van der Waals surface area (Å²) < 4.78 is 0. The summed E-state index contributed by atoms with van der Waals surface area (Å²) >= 11 is 0. The first-order valence-corrected chi connectivity index (χ1v) is 5.24. The van der Waals surface area contributed by atoms with Crippen LogP contribution in [0.15, 0.2) is 4.99 Å². The number of rotatable bonds is 3. The summed E-state index contributed by atoms with van der Waals surface area (Å²) in [6.07, 6.45) is 4.08. The van der Waals surface area contributed by atoms with E-state index in [4.69, 9.17) is 5.26 Å². The first-order valence-electron chi connectivity index (χ1n) is 5.24. The smallest absolute Gasteiger partial charge is 0.206 e. The third-order valence-electron chi connectivity index (χ3n) is 1.94. The molecule has 0 aliphatic heterocycles. The molecule has 0 atom stereocenters. The van der Waals surface area contributed by atoms with Gasteiger partial charge < -0.3 is 4.90 Å². The molecular weight excluding hydrogens is 188 g/mol. The maximum absolute atomic E-state index is 8.50. The van der Waals surface area contributed by atoms with Crippen LogP contribution in [0.1, 0.15) is 33.6 Å². The number of nitrogens with one attached hydrogen (secondary N) is 1. The molecule has 0 heterocycles. The second kappa shape index (κ2) is 6.28. The highest BCUT2D eigenvalue weighted by Gasteiger charge is 2.08. The Morgan fingerprint density at radius 3 is 2.40 bits per heavy atom.